The lowest BCUT2D eigenvalue weighted by atomic mass is 10.2. The van der Waals surface area contributed by atoms with E-state index in [-0.39, 0.29) is 40.0 Å². The first kappa shape index (κ1) is 30.4. The number of thioether (sulfide) groups is 1. The van der Waals surface area contributed by atoms with E-state index >= 15 is 0 Å². The zero-order chi connectivity index (χ0) is 29.7. The number of sulfonamides is 1. The molecule has 4 aromatic rings. The van der Waals surface area contributed by atoms with Gasteiger partial charge in [0.2, 0.25) is 5.91 Å². The molecule has 41 heavy (non-hydrogen) atoms. The van der Waals surface area contributed by atoms with Crippen LogP contribution >= 0.6 is 34.7 Å². The number of benzene rings is 2. The molecule has 0 radical (unpaired) electrons. The van der Waals surface area contributed by atoms with Gasteiger partial charge in [-0.05, 0) is 61.9 Å². The first-order valence-corrected chi connectivity index (χ1v) is 15.9. The van der Waals surface area contributed by atoms with Gasteiger partial charge in [0.1, 0.15) is 26.2 Å². The number of carbonyl (C=O) groups is 2. The topological polar surface area (TPSA) is 157 Å². The number of nitrogens with zero attached hydrogens (tertiary/aromatic N) is 1. The Bertz CT molecular complexity index is 1770. The molecule has 2 aromatic heterocycles. The number of rotatable bonds is 11. The number of methoxy groups -OCH3 is 1. The largest absolute Gasteiger partial charge is 0.495 e. The summed E-state index contributed by atoms with van der Waals surface area (Å²) in [5.41, 5.74) is 0.696. The molecule has 0 aliphatic carbocycles. The summed E-state index contributed by atoms with van der Waals surface area (Å²) >= 11 is 8.15. The fourth-order valence-electron chi connectivity index (χ4n) is 3.78. The van der Waals surface area contributed by atoms with Gasteiger partial charge in [0.25, 0.3) is 15.6 Å². The van der Waals surface area contributed by atoms with Crippen molar-refractivity contribution in [3.8, 4) is 5.75 Å². The Kier molecular flexibility index (Phi) is 9.58. The molecule has 4 rings (SSSR count). The number of nitrogens with one attached hydrogen (secondary N) is 3. The summed E-state index contributed by atoms with van der Waals surface area (Å²) in [5, 5.41) is 3.47. The van der Waals surface area contributed by atoms with Crippen LogP contribution in [0.3, 0.4) is 0 Å². The lowest BCUT2D eigenvalue weighted by molar-refractivity contribution is -0.113. The fourth-order valence-corrected chi connectivity index (χ4v) is 6.94. The molecule has 0 aliphatic rings. The summed E-state index contributed by atoms with van der Waals surface area (Å²) in [6.07, 6.45) is 0. The molecule has 15 heteroatoms. The van der Waals surface area contributed by atoms with E-state index in [1.54, 1.807) is 26.0 Å². The predicted octanol–water partition coefficient (Wildman–Crippen LogP) is 4.80. The molecule has 0 fully saturated rings. The Labute approximate surface area is 248 Å². The normalized spacial score (nSPS) is 11.3. The van der Waals surface area contributed by atoms with Gasteiger partial charge in [-0.25, -0.2) is 18.2 Å². The second-order valence-electron chi connectivity index (χ2n) is 8.49. The number of thiophene rings is 1. The van der Waals surface area contributed by atoms with E-state index < -0.39 is 21.9 Å². The fraction of sp³-hybridized carbons (Fsp3) is 0.231. The van der Waals surface area contributed by atoms with Gasteiger partial charge >= 0.3 is 5.97 Å². The molecule has 0 aliphatic heterocycles. The highest BCUT2D eigenvalue weighted by atomic mass is 35.5. The van der Waals surface area contributed by atoms with E-state index in [0.29, 0.717) is 37.2 Å². The molecule has 2 aromatic carbocycles. The summed E-state index contributed by atoms with van der Waals surface area (Å²) < 4.78 is 38.8. The summed E-state index contributed by atoms with van der Waals surface area (Å²) in [6.45, 7) is 3.59. The van der Waals surface area contributed by atoms with Gasteiger partial charge < -0.3 is 19.8 Å². The Morgan fingerprint density at radius 2 is 1.85 bits per heavy atom. The van der Waals surface area contributed by atoms with Crippen molar-refractivity contribution in [1.82, 2.24) is 9.97 Å². The number of aromatic nitrogens is 2. The van der Waals surface area contributed by atoms with Gasteiger partial charge in [-0.3, -0.25) is 14.3 Å². The van der Waals surface area contributed by atoms with Crippen molar-refractivity contribution < 1.29 is 27.5 Å². The number of halogens is 1. The molecule has 216 valence electrons. The third kappa shape index (κ3) is 7.19. The van der Waals surface area contributed by atoms with Gasteiger partial charge in [0.05, 0.1) is 30.6 Å². The van der Waals surface area contributed by atoms with E-state index in [0.717, 1.165) is 11.3 Å². The van der Waals surface area contributed by atoms with E-state index in [1.165, 1.54) is 49.2 Å². The molecule has 1 amide bonds. The van der Waals surface area contributed by atoms with Crippen LogP contribution in [0.2, 0.25) is 5.02 Å². The van der Waals surface area contributed by atoms with Crippen LogP contribution in [0.25, 0.3) is 10.2 Å². The van der Waals surface area contributed by atoms with Crippen molar-refractivity contribution in [2.75, 3.05) is 29.5 Å². The minimum Gasteiger partial charge on any atom is -0.495 e. The number of hydrogen-bond donors (Lipinski definition) is 3. The number of ether oxygens (including phenoxy) is 2. The van der Waals surface area contributed by atoms with Crippen molar-refractivity contribution in [2.24, 2.45) is 0 Å². The summed E-state index contributed by atoms with van der Waals surface area (Å²) in [7, 11) is -2.71. The Hall–Kier alpha value is -3.59. The highest BCUT2D eigenvalue weighted by Crippen LogP contribution is 2.30. The van der Waals surface area contributed by atoms with Crippen molar-refractivity contribution in [2.45, 2.75) is 24.5 Å². The molecule has 11 nitrogen and oxygen atoms in total. The van der Waals surface area contributed by atoms with Crippen LogP contribution in [-0.4, -0.2) is 49.7 Å². The monoisotopic (exact) mass is 636 g/mol. The molecule has 0 spiro atoms. The number of fused-ring (bicyclic) bond motifs is 1. The number of aromatic amines is 1. The van der Waals surface area contributed by atoms with Crippen molar-refractivity contribution in [3.05, 3.63) is 74.1 Å². The average molecular weight is 637 g/mol. The summed E-state index contributed by atoms with van der Waals surface area (Å²) in [5.74, 6) is -0.236. The van der Waals surface area contributed by atoms with E-state index in [1.807, 2.05) is 0 Å². The lowest BCUT2D eigenvalue weighted by Crippen LogP contribution is -2.17. The minimum absolute atomic E-state index is 0.00354. The maximum absolute atomic E-state index is 13.0. The Morgan fingerprint density at radius 1 is 1.15 bits per heavy atom. The smallest absolute Gasteiger partial charge is 0.348 e. The van der Waals surface area contributed by atoms with E-state index in [9.17, 15) is 22.8 Å². The molecule has 0 bridgehead atoms. The Morgan fingerprint density at radius 3 is 2.54 bits per heavy atom. The van der Waals surface area contributed by atoms with Crippen LogP contribution in [0, 0.1) is 6.92 Å². The number of esters is 1. The summed E-state index contributed by atoms with van der Waals surface area (Å²) in [6, 6.07) is 10.4. The maximum Gasteiger partial charge on any atom is 0.348 e. The molecular weight excluding hydrogens is 612 g/mol. The van der Waals surface area contributed by atoms with Crippen molar-refractivity contribution in [1.29, 1.82) is 0 Å². The van der Waals surface area contributed by atoms with Gasteiger partial charge in [-0.15, -0.1) is 23.1 Å². The van der Waals surface area contributed by atoms with Crippen molar-refractivity contribution in [3.63, 3.8) is 0 Å². The predicted molar refractivity (Wildman–Crippen MR) is 161 cm³/mol. The maximum atomic E-state index is 13.0. The van der Waals surface area contributed by atoms with Crippen LogP contribution in [0.1, 0.15) is 28.0 Å². The van der Waals surface area contributed by atoms with E-state index in [4.69, 9.17) is 21.1 Å². The van der Waals surface area contributed by atoms with E-state index in [2.05, 4.69) is 20.0 Å². The first-order valence-electron chi connectivity index (χ1n) is 12.1. The molecule has 0 saturated heterocycles. The van der Waals surface area contributed by atoms with Crippen LogP contribution in [0.4, 0.5) is 11.4 Å². The summed E-state index contributed by atoms with van der Waals surface area (Å²) in [4.78, 5) is 45.2. The number of amides is 1. The standard InChI is InChI=1S/C26H25ClN4O7S3/c1-4-38-26(34)23-14(2)22-24(33)29-20(30-25(22)40-23)12-39-13-21(32)28-17-9-10-18(37-3)19(11-17)41(35,36)31-16-7-5-15(27)6-8-16/h5-11,31H,4,12-13H2,1-3H3,(H,28,32)(H,29,30,33). The zero-order valence-electron chi connectivity index (χ0n) is 22.1. The third-order valence-electron chi connectivity index (χ3n) is 5.62. The highest BCUT2D eigenvalue weighted by Gasteiger charge is 2.22. The second kappa shape index (κ2) is 12.9. The molecule has 0 unspecified atom stereocenters. The molecule has 0 atom stereocenters. The van der Waals surface area contributed by atoms with Crippen LogP contribution < -0.4 is 20.3 Å². The molecular formula is C26H25ClN4O7S3. The first-order chi connectivity index (χ1) is 19.5. The van der Waals surface area contributed by atoms with Gasteiger partial charge in [0, 0.05) is 16.4 Å². The second-order valence-corrected chi connectivity index (χ2v) is 12.6. The van der Waals surface area contributed by atoms with Crippen molar-refractivity contribution >= 4 is 78.2 Å². The van der Waals surface area contributed by atoms with Gasteiger partial charge in [-0.1, -0.05) is 11.6 Å². The van der Waals surface area contributed by atoms with Crippen LogP contribution in [-0.2, 0) is 25.3 Å². The quantitative estimate of drug-likeness (QED) is 0.197. The minimum atomic E-state index is -4.06. The third-order valence-corrected chi connectivity index (χ3v) is 9.38. The van der Waals surface area contributed by atoms with Crippen LogP contribution in [0.5, 0.6) is 5.75 Å². The number of anilines is 2. The number of H-pyrrole nitrogens is 1. The van der Waals surface area contributed by atoms with Crippen LogP contribution in [0.15, 0.2) is 52.2 Å². The molecule has 3 N–H and O–H groups in total. The molecule has 2 heterocycles. The lowest BCUT2D eigenvalue weighted by Gasteiger charge is -2.14. The SMILES string of the molecule is CCOC(=O)c1sc2nc(CSCC(=O)Nc3ccc(OC)c(S(=O)(=O)Nc4ccc(Cl)cc4)c3)[nH]c(=O)c2c1C. The zero-order valence-corrected chi connectivity index (χ0v) is 25.3. The Balaban J connectivity index is 1.42. The van der Waals surface area contributed by atoms with Gasteiger partial charge in [-0.2, -0.15) is 0 Å². The van der Waals surface area contributed by atoms with Gasteiger partial charge in [0.15, 0.2) is 0 Å². The number of carbonyl (C=O) groups excluding carboxylic acids is 2. The highest BCUT2D eigenvalue weighted by molar-refractivity contribution is 7.99. The number of hydrogen-bond acceptors (Lipinski definition) is 10. The average Bonchev–Trinajstić information content (AvgIpc) is 3.26. The number of aryl methyl sites for hydroxylation is 1. The molecule has 0 saturated carbocycles.